The van der Waals surface area contributed by atoms with Crippen LogP contribution in [0.25, 0.3) is 0 Å². The topological polar surface area (TPSA) is 0 Å². The van der Waals surface area contributed by atoms with Crippen molar-refractivity contribution in [2.45, 2.75) is 55.5 Å². The third-order valence-corrected chi connectivity index (χ3v) is 9.55. The van der Waals surface area contributed by atoms with Crippen molar-refractivity contribution in [1.29, 1.82) is 0 Å². The van der Waals surface area contributed by atoms with E-state index in [-0.39, 0.29) is 17.6 Å². The Morgan fingerprint density at radius 1 is 0.455 bits per heavy atom. The molecule has 2 bridgehead atoms. The Morgan fingerprint density at radius 2 is 0.727 bits per heavy atom. The van der Waals surface area contributed by atoms with Crippen LogP contribution in [-0.4, -0.2) is 17.6 Å². The lowest BCUT2D eigenvalue weighted by molar-refractivity contribution is 0.863. The van der Waals surface area contributed by atoms with Crippen LogP contribution in [0.1, 0.15) is 19.3 Å². The summed E-state index contributed by atoms with van der Waals surface area (Å²) < 4.78 is 0. The number of rotatable bonds is 0. The predicted octanol–water partition coefficient (Wildman–Crippen LogP) is 3.17. The maximum atomic E-state index is 1.68. The van der Waals surface area contributed by atoms with Gasteiger partial charge in [-0.3, -0.25) is 0 Å². The Bertz CT molecular complexity index is 89.0. The average molecular weight is 182 g/mol. The second kappa shape index (κ2) is 3.90. The van der Waals surface area contributed by atoms with E-state index in [4.69, 9.17) is 0 Å². The molecule has 0 N–H and O–H groups in total. The molecule has 3 saturated heterocycles. The van der Waals surface area contributed by atoms with Gasteiger partial charge >= 0.3 is 0 Å². The van der Waals surface area contributed by atoms with Gasteiger partial charge in [0.15, 0.2) is 0 Å². The summed E-state index contributed by atoms with van der Waals surface area (Å²) in [5.74, 6) is 0. The molecule has 0 spiro atoms. The van der Waals surface area contributed by atoms with Crippen molar-refractivity contribution >= 4 is 17.6 Å². The molecular formula is C9H18Si2. The number of hydrogen-bond acceptors (Lipinski definition) is 0. The van der Waals surface area contributed by atoms with E-state index in [9.17, 15) is 0 Å². The van der Waals surface area contributed by atoms with E-state index >= 15 is 0 Å². The summed E-state index contributed by atoms with van der Waals surface area (Å²) in [5.41, 5.74) is 0. The Hall–Kier alpha value is 0.434. The smallest absolute Gasteiger partial charge is 0.0478 e. The van der Waals surface area contributed by atoms with Gasteiger partial charge in [-0.2, -0.15) is 0 Å². The monoisotopic (exact) mass is 182 g/mol. The highest BCUT2D eigenvalue weighted by molar-refractivity contribution is 6.63. The van der Waals surface area contributed by atoms with Gasteiger partial charge in [-0.1, -0.05) is 55.5 Å². The molecule has 0 aliphatic carbocycles. The molecule has 3 aliphatic heterocycles. The molecule has 3 rings (SSSR count). The van der Waals surface area contributed by atoms with Crippen molar-refractivity contribution in [2.75, 3.05) is 0 Å². The molecule has 3 fully saturated rings. The molecule has 62 valence electrons. The first-order chi connectivity index (χ1) is 5.45. The van der Waals surface area contributed by atoms with Crippen molar-refractivity contribution in [3.05, 3.63) is 0 Å². The normalized spacial score (nSPS) is 29.5. The largest absolute Gasteiger partial charge is 0.0593 e. The predicted molar refractivity (Wildman–Crippen MR) is 54.2 cm³/mol. The van der Waals surface area contributed by atoms with Crippen LogP contribution < -0.4 is 0 Å². The molecule has 0 aromatic heterocycles. The highest BCUT2D eigenvalue weighted by atomic mass is 28.3. The molecule has 0 atom stereocenters. The summed E-state index contributed by atoms with van der Waals surface area (Å²) >= 11 is 0. The van der Waals surface area contributed by atoms with E-state index in [2.05, 4.69) is 0 Å². The Morgan fingerprint density at radius 3 is 1.00 bits per heavy atom. The van der Waals surface area contributed by atoms with Crippen molar-refractivity contribution in [1.82, 2.24) is 0 Å². The van der Waals surface area contributed by atoms with Crippen LogP contribution in [-0.2, 0) is 0 Å². The summed E-state index contributed by atoms with van der Waals surface area (Å²) in [4.78, 5) is 0. The van der Waals surface area contributed by atoms with E-state index in [1.54, 1.807) is 55.5 Å². The molecule has 0 unspecified atom stereocenters. The van der Waals surface area contributed by atoms with E-state index in [1.807, 2.05) is 0 Å². The zero-order valence-corrected chi connectivity index (χ0v) is 9.36. The highest BCUT2D eigenvalue weighted by Gasteiger charge is 2.22. The molecule has 3 heterocycles. The Kier molecular flexibility index (Phi) is 2.85. The van der Waals surface area contributed by atoms with Gasteiger partial charge in [0.2, 0.25) is 0 Å². The van der Waals surface area contributed by atoms with Crippen molar-refractivity contribution in [2.24, 2.45) is 0 Å². The van der Waals surface area contributed by atoms with Crippen LogP contribution in [0.4, 0.5) is 0 Å². The first kappa shape index (κ1) is 8.05. The molecule has 0 amide bonds. The van der Waals surface area contributed by atoms with Gasteiger partial charge in [-0.05, 0) is 0 Å². The van der Waals surface area contributed by atoms with Crippen LogP contribution >= 0.6 is 0 Å². The van der Waals surface area contributed by atoms with E-state index in [0.717, 1.165) is 0 Å². The van der Waals surface area contributed by atoms with Crippen LogP contribution in [0.15, 0.2) is 0 Å². The molecule has 2 heteroatoms. The molecule has 3 aliphatic rings. The van der Waals surface area contributed by atoms with Gasteiger partial charge < -0.3 is 0 Å². The zero-order valence-electron chi connectivity index (χ0n) is 7.36. The van der Waals surface area contributed by atoms with Gasteiger partial charge in [-0.15, -0.1) is 0 Å². The molecule has 2 radical (unpaired) electrons. The number of fused-ring (bicyclic) bond motifs is 6. The lowest BCUT2D eigenvalue weighted by Gasteiger charge is -2.26. The standard InChI is InChI=1S/C9H18Si2/c1-4-10-6-2-7-11(5-1)9-3-8-10/h1-9H2. The maximum absolute atomic E-state index is 1.68. The molecule has 0 nitrogen and oxygen atoms in total. The third kappa shape index (κ3) is 2.18. The fourth-order valence-corrected chi connectivity index (χ4v) is 9.14. The Labute approximate surface area is 73.6 Å². The van der Waals surface area contributed by atoms with Crippen molar-refractivity contribution < 1.29 is 0 Å². The van der Waals surface area contributed by atoms with Gasteiger partial charge in [0.25, 0.3) is 0 Å². The Balaban J connectivity index is 1.96. The van der Waals surface area contributed by atoms with Crippen molar-refractivity contribution in [3.63, 3.8) is 0 Å². The van der Waals surface area contributed by atoms with Gasteiger partial charge in [0, 0.05) is 17.6 Å². The van der Waals surface area contributed by atoms with Gasteiger partial charge in [0.05, 0.1) is 0 Å². The lowest BCUT2D eigenvalue weighted by Crippen LogP contribution is -2.24. The van der Waals surface area contributed by atoms with Crippen molar-refractivity contribution in [3.8, 4) is 0 Å². The van der Waals surface area contributed by atoms with Gasteiger partial charge in [0.1, 0.15) is 0 Å². The molecule has 0 saturated carbocycles. The van der Waals surface area contributed by atoms with Crippen LogP contribution in [0.2, 0.25) is 36.3 Å². The van der Waals surface area contributed by atoms with Crippen LogP contribution in [0, 0.1) is 0 Å². The minimum atomic E-state index is 0.196. The SMILES string of the molecule is C1C[Si]2CCC[Si](C1)CCC2. The molecule has 11 heavy (non-hydrogen) atoms. The minimum absolute atomic E-state index is 0.196. The van der Waals surface area contributed by atoms with Gasteiger partial charge in [-0.25, -0.2) is 0 Å². The first-order valence-corrected chi connectivity index (χ1v) is 9.36. The molecular weight excluding hydrogens is 164 g/mol. The summed E-state index contributed by atoms with van der Waals surface area (Å²) in [7, 11) is 0.393. The fourth-order valence-electron chi connectivity index (χ4n) is 2.52. The second-order valence-corrected chi connectivity index (χ2v) is 10.1. The number of hydrogen-bond donors (Lipinski definition) is 0. The van der Waals surface area contributed by atoms with Crippen LogP contribution in [0.3, 0.4) is 0 Å². The molecule has 0 aromatic carbocycles. The maximum Gasteiger partial charge on any atom is 0.0478 e. The summed E-state index contributed by atoms with van der Waals surface area (Å²) in [6.45, 7) is 0. The van der Waals surface area contributed by atoms with E-state index in [1.165, 1.54) is 0 Å². The molecule has 0 aromatic rings. The first-order valence-electron chi connectivity index (χ1n) is 5.12. The zero-order chi connectivity index (χ0) is 7.52. The fraction of sp³-hybridized carbons (Fsp3) is 1.00. The average Bonchev–Trinajstić information content (AvgIpc) is 1.80. The quantitative estimate of drug-likeness (QED) is 0.505. The highest BCUT2D eigenvalue weighted by Crippen LogP contribution is 2.29. The third-order valence-electron chi connectivity index (χ3n) is 3.18. The summed E-state index contributed by atoms with van der Waals surface area (Å²) in [6, 6.07) is 10.1. The second-order valence-electron chi connectivity index (χ2n) is 4.06. The lowest BCUT2D eigenvalue weighted by atomic mass is 10.5. The summed E-state index contributed by atoms with van der Waals surface area (Å²) in [5, 5.41) is 0. The van der Waals surface area contributed by atoms with E-state index in [0.29, 0.717) is 0 Å². The summed E-state index contributed by atoms with van der Waals surface area (Å²) in [6.07, 6.45) is 4.88. The van der Waals surface area contributed by atoms with Crippen LogP contribution in [0.5, 0.6) is 0 Å². The van der Waals surface area contributed by atoms with E-state index < -0.39 is 0 Å². The minimum Gasteiger partial charge on any atom is -0.0593 e.